The fourth-order valence-electron chi connectivity index (χ4n) is 1.80. The van der Waals surface area contributed by atoms with Crippen molar-refractivity contribution in [3.8, 4) is 11.3 Å². The Hall–Kier alpha value is -1.91. The van der Waals surface area contributed by atoms with Gasteiger partial charge in [0.1, 0.15) is 0 Å². The number of aromatic nitrogens is 3. The molecule has 0 aliphatic carbocycles. The molecule has 2 rings (SSSR count). The summed E-state index contributed by atoms with van der Waals surface area (Å²) in [6, 6.07) is 1.95. The van der Waals surface area contributed by atoms with E-state index in [0.29, 0.717) is 5.82 Å². The molecule has 5 nitrogen and oxygen atoms in total. The van der Waals surface area contributed by atoms with Crippen molar-refractivity contribution in [2.24, 2.45) is 0 Å². The molecule has 2 heterocycles. The number of nitrogen functional groups attached to an aromatic ring is 1. The summed E-state index contributed by atoms with van der Waals surface area (Å²) in [5.41, 5.74) is 9.37. The molecule has 5 heteroatoms. The van der Waals surface area contributed by atoms with E-state index >= 15 is 0 Å². The molecule has 17 heavy (non-hydrogen) atoms. The van der Waals surface area contributed by atoms with Gasteiger partial charge in [-0.25, -0.2) is 0 Å². The molecule has 0 aliphatic rings. The minimum absolute atomic E-state index is 0.468. The van der Waals surface area contributed by atoms with Crippen LogP contribution in [0.5, 0.6) is 0 Å². The predicted octanol–water partition coefficient (Wildman–Crippen LogP) is 2.28. The van der Waals surface area contributed by atoms with Crippen molar-refractivity contribution in [3.05, 3.63) is 23.0 Å². The minimum atomic E-state index is 0.468. The first kappa shape index (κ1) is 11.6. The van der Waals surface area contributed by atoms with E-state index in [4.69, 9.17) is 10.3 Å². The number of nitrogens with two attached hydrogens (primary N) is 1. The van der Waals surface area contributed by atoms with Crippen molar-refractivity contribution in [2.45, 2.75) is 33.6 Å². The summed E-state index contributed by atoms with van der Waals surface area (Å²) in [4.78, 5) is 0. The summed E-state index contributed by atoms with van der Waals surface area (Å²) < 4.78 is 5.33. The first-order chi connectivity index (χ1) is 8.13. The topological polar surface area (TPSA) is 77.8 Å². The van der Waals surface area contributed by atoms with Crippen LogP contribution in [0.15, 0.2) is 10.6 Å². The Morgan fingerprint density at radius 2 is 2.06 bits per heavy atom. The summed E-state index contributed by atoms with van der Waals surface area (Å²) in [6.07, 6.45) is 1.85. The van der Waals surface area contributed by atoms with Gasteiger partial charge in [0.2, 0.25) is 0 Å². The molecule has 2 aromatic heterocycles. The smallest absolute Gasteiger partial charge is 0.174 e. The zero-order valence-electron chi connectivity index (χ0n) is 10.3. The van der Waals surface area contributed by atoms with Gasteiger partial charge in [0.15, 0.2) is 11.6 Å². The maximum atomic E-state index is 5.81. The van der Waals surface area contributed by atoms with Crippen molar-refractivity contribution >= 4 is 5.82 Å². The number of hydrogen-bond acceptors (Lipinski definition) is 5. The molecule has 0 aromatic carbocycles. The summed E-state index contributed by atoms with van der Waals surface area (Å²) in [6.45, 7) is 5.89. The van der Waals surface area contributed by atoms with E-state index < -0.39 is 0 Å². The molecule has 90 valence electrons. The lowest BCUT2D eigenvalue weighted by atomic mass is 10.0. The molecule has 0 bridgehead atoms. The summed E-state index contributed by atoms with van der Waals surface area (Å²) in [5, 5.41) is 11.9. The van der Waals surface area contributed by atoms with Crippen LogP contribution in [0, 0.1) is 13.8 Å². The number of rotatable bonds is 3. The van der Waals surface area contributed by atoms with E-state index in [-0.39, 0.29) is 0 Å². The Kier molecular flexibility index (Phi) is 3.08. The van der Waals surface area contributed by atoms with Gasteiger partial charge in [-0.05, 0) is 26.3 Å². The molecular weight excluding hydrogens is 216 g/mol. The third-order valence-electron chi connectivity index (χ3n) is 2.66. The Morgan fingerprint density at radius 1 is 1.29 bits per heavy atom. The molecule has 0 saturated carbocycles. The van der Waals surface area contributed by atoms with Gasteiger partial charge in [-0.3, -0.25) is 0 Å². The van der Waals surface area contributed by atoms with Gasteiger partial charge in [0.25, 0.3) is 0 Å². The first-order valence-electron chi connectivity index (χ1n) is 5.68. The minimum Gasteiger partial charge on any atom is -0.381 e. The second kappa shape index (κ2) is 4.53. The average molecular weight is 232 g/mol. The van der Waals surface area contributed by atoms with Crippen LogP contribution in [0.4, 0.5) is 5.82 Å². The van der Waals surface area contributed by atoms with Crippen molar-refractivity contribution in [2.75, 3.05) is 5.73 Å². The van der Waals surface area contributed by atoms with Gasteiger partial charge < -0.3 is 10.3 Å². The zero-order chi connectivity index (χ0) is 12.4. The van der Waals surface area contributed by atoms with E-state index in [2.05, 4.69) is 22.3 Å². The van der Waals surface area contributed by atoms with E-state index in [1.165, 1.54) is 0 Å². The zero-order valence-corrected chi connectivity index (χ0v) is 10.3. The molecule has 0 radical (unpaired) electrons. The standard InChI is InChI=1S/C12H16N4O/c1-4-5-9-11(17-16-12(9)13)10-6-7(2)14-15-8(10)3/h6H,4-5H2,1-3H3,(H2,13,16). The van der Waals surface area contributed by atoms with Gasteiger partial charge >= 0.3 is 0 Å². The third-order valence-corrected chi connectivity index (χ3v) is 2.66. The van der Waals surface area contributed by atoms with E-state index in [9.17, 15) is 0 Å². The lowest BCUT2D eigenvalue weighted by Gasteiger charge is -2.04. The van der Waals surface area contributed by atoms with Crippen LogP contribution in [0.3, 0.4) is 0 Å². The predicted molar refractivity (Wildman–Crippen MR) is 65.4 cm³/mol. The van der Waals surface area contributed by atoms with Gasteiger partial charge in [0.05, 0.1) is 11.4 Å². The van der Waals surface area contributed by atoms with Gasteiger partial charge in [0, 0.05) is 11.1 Å². The lowest BCUT2D eigenvalue weighted by Crippen LogP contribution is -1.96. The highest BCUT2D eigenvalue weighted by Gasteiger charge is 2.17. The lowest BCUT2D eigenvalue weighted by molar-refractivity contribution is 0.434. The quantitative estimate of drug-likeness (QED) is 0.878. The Balaban J connectivity index is 2.56. The Bertz CT molecular complexity index is 533. The molecule has 2 aromatic rings. The van der Waals surface area contributed by atoms with Crippen molar-refractivity contribution in [1.29, 1.82) is 0 Å². The molecule has 0 saturated heterocycles. The number of anilines is 1. The Morgan fingerprint density at radius 3 is 2.76 bits per heavy atom. The monoisotopic (exact) mass is 232 g/mol. The van der Waals surface area contributed by atoms with Crippen LogP contribution in [0.1, 0.15) is 30.3 Å². The van der Waals surface area contributed by atoms with Crippen LogP contribution < -0.4 is 5.73 Å². The molecule has 0 fully saturated rings. The van der Waals surface area contributed by atoms with Crippen molar-refractivity contribution in [3.63, 3.8) is 0 Å². The molecule has 0 amide bonds. The van der Waals surface area contributed by atoms with Crippen molar-refractivity contribution in [1.82, 2.24) is 15.4 Å². The molecule has 0 aliphatic heterocycles. The van der Waals surface area contributed by atoms with Crippen LogP contribution in [0.25, 0.3) is 11.3 Å². The normalized spacial score (nSPS) is 10.8. The van der Waals surface area contributed by atoms with E-state index in [1.807, 2.05) is 19.9 Å². The molecule has 0 atom stereocenters. The largest absolute Gasteiger partial charge is 0.381 e. The van der Waals surface area contributed by atoms with Gasteiger partial charge in [-0.2, -0.15) is 10.2 Å². The fraction of sp³-hybridized carbons (Fsp3) is 0.417. The van der Waals surface area contributed by atoms with Gasteiger partial charge in [-0.15, -0.1) is 0 Å². The van der Waals surface area contributed by atoms with Gasteiger partial charge in [-0.1, -0.05) is 18.5 Å². The number of nitrogens with zero attached hydrogens (tertiary/aromatic N) is 3. The van der Waals surface area contributed by atoms with E-state index in [0.717, 1.165) is 41.1 Å². The fourth-order valence-corrected chi connectivity index (χ4v) is 1.80. The third kappa shape index (κ3) is 2.13. The highest BCUT2D eigenvalue weighted by molar-refractivity contribution is 5.67. The van der Waals surface area contributed by atoms with Crippen LogP contribution in [0.2, 0.25) is 0 Å². The highest BCUT2D eigenvalue weighted by Crippen LogP contribution is 2.30. The highest BCUT2D eigenvalue weighted by atomic mass is 16.5. The molecular formula is C12H16N4O. The maximum Gasteiger partial charge on any atom is 0.174 e. The van der Waals surface area contributed by atoms with Crippen LogP contribution >= 0.6 is 0 Å². The number of hydrogen-bond donors (Lipinski definition) is 1. The first-order valence-corrected chi connectivity index (χ1v) is 5.68. The van der Waals surface area contributed by atoms with Crippen LogP contribution in [-0.4, -0.2) is 15.4 Å². The second-order valence-electron chi connectivity index (χ2n) is 4.11. The summed E-state index contributed by atoms with van der Waals surface area (Å²) in [5.74, 6) is 1.19. The Labute approximate surface area is 100 Å². The summed E-state index contributed by atoms with van der Waals surface area (Å²) in [7, 11) is 0. The van der Waals surface area contributed by atoms with E-state index in [1.54, 1.807) is 0 Å². The average Bonchev–Trinajstić information content (AvgIpc) is 2.65. The maximum absolute atomic E-state index is 5.81. The summed E-state index contributed by atoms with van der Waals surface area (Å²) >= 11 is 0. The van der Waals surface area contributed by atoms with Crippen molar-refractivity contribution < 1.29 is 4.52 Å². The molecule has 2 N–H and O–H groups in total. The number of aryl methyl sites for hydroxylation is 2. The molecule has 0 unspecified atom stereocenters. The molecule has 0 spiro atoms. The van der Waals surface area contributed by atoms with Crippen LogP contribution in [-0.2, 0) is 6.42 Å². The SMILES string of the molecule is CCCc1c(N)noc1-c1cc(C)nnc1C. The second-order valence-corrected chi connectivity index (χ2v) is 4.11.